The predicted molar refractivity (Wildman–Crippen MR) is 100 cm³/mol. The molecule has 2 unspecified atom stereocenters. The summed E-state index contributed by atoms with van der Waals surface area (Å²) in [6.45, 7) is 4.16. The lowest BCUT2D eigenvalue weighted by Gasteiger charge is -2.27. The summed E-state index contributed by atoms with van der Waals surface area (Å²) < 4.78 is 15.5. The van der Waals surface area contributed by atoms with Gasteiger partial charge in [-0.15, -0.1) is 0 Å². The maximum Gasteiger partial charge on any atom is 0.123 e. The highest BCUT2D eigenvalue weighted by molar-refractivity contribution is 5.59. The second-order valence-electron chi connectivity index (χ2n) is 7.58. The third-order valence-electron chi connectivity index (χ3n) is 5.84. The van der Waals surface area contributed by atoms with E-state index in [-0.39, 0.29) is 5.82 Å². The van der Waals surface area contributed by atoms with Crippen molar-refractivity contribution >= 4 is 0 Å². The van der Waals surface area contributed by atoms with Gasteiger partial charge in [-0.05, 0) is 35.1 Å². The van der Waals surface area contributed by atoms with Crippen LogP contribution in [0.3, 0.4) is 0 Å². The average molecular weight is 347 g/mol. The summed E-state index contributed by atoms with van der Waals surface area (Å²) in [4.78, 5) is 7.23. The van der Waals surface area contributed by atoms with Crippen LogP contribution in [0.2, 0.25) is 0 Å². The number of fused-ring (bicyclic) bond motifs is 2. The Morgan fingerprint density at radius 1 is 0.923 bits per heavy atom. The highest BCUT2D eigenvalue weighted by Gasteiger charge is 2.37. The first-order valence-corrected chi connectivity index (χ1v) is 9.33. The molecule has 3 nitrogen and oxygen atoms in total. The topological polar surface area (TPSA) is 21.1 Å². The molecule has 1 fully saturated rings. The van der Waals surface area contributed by atoms with E-state index in [4.69, 9.17) is 4.98 Å². The zero-order valence-electron chi connectivity index (χ0n) is 14.7. The summed E-state index contributed by atoms with van der Waals surface area (Å²) in [5.41, 5.74) is 3.66. The van der Waals surface area contributed by atoms with E-state index in [0.29, 0.717) is 11.8 Å². The molecule has 0 amide bonds. The van der Waals surface area contributed by atoms with Gasteiger partial charge in [-0.3, -0.25) is 4.90 Å². The maximum absolute atomic E-state index is 13.1. The zero-order chi connectivity index (χ0) is 17.5. The molecule has 3 heterocycles. The largest absolute Gasteiger partial charge is 0.328 e. The summed E-state index contributed by atoms with van der Waals surface area (Å²) in [7, 11) is 0. The molecule has 1 saturated heterocycles. The van der Waals surface area contributed by atoms with Gasteiger partial charge >= 0.3 is 0 Å². The molecule has 2 aromatic carbocycles. The standard InChI is InChI=1S/C22H22FN3/c23-20-8-6-16(7-9-20)12-25-13-18-10-22-24-11-21(17-4-2-1-3-5-17)26(22)15-19(18)14-25/h1-9,11,18-19H,10,12-15H2. The zero-order valence-corrected chi connectivity index (χ0v) is 14.7. The molecule has 0 N–H and O–H groups in total. The van der Waals surface area contributed by atoms with E-state index in [1.807, 2.05) is 18.3 Å². The number of benzene rings is 2. The molecule has 2 atom stereocenters. The monoisotopic (exact) mass is 347 g/mol. The SMILES string of the molecule is Fc1ccc(CN2CC3Cc4ncc(-c5ccccc5)n4CC3C2)cc1. The van der Waals surface area contributed by atoms with Crippen molar-refractivity contribution in [2.75, 3.05) is 13.1 Å². The van der Waals surface area contributed by atoms with E-state index in [2.05, 4.69) is 39.8 Å². The van der Waals surface area contributed by atoms with Crippen LogP contribution < -0.4 is 0 Å². The Kier molecular flexibility index (Phi) is 3.86. The van der Waals surface area contributed by atoms with Crippen molar-refractivity contribution in [1.82, 2.24) is 14.5 Å². The summed E-state index contributed by atoms with van der Waals surface area (Å²) in [6.07, 6.45) is 3.08. The molecule has 5 rings (SSSR count). The summed E-state index contributed by atoms with van der Waals surface area (Å²) >= 11 is 0. The van der Waals surface area contributed by atoms with E-state index < -0.39 is 0 Å². The van der Waals surface area contributed by atoms with Gasteiger partial charge in [0, 0.05) is 32.6 Å². The van der Waals surface area contributed by atoms with Crippen LogP contribution in [-0.4, -0.2) is 27.5 Å². The van der Waals surface area contributed by atoms with Gasteiger partial charge in [0.25, 0.3) is 0 Å². The first kappa shape index (κ1) is 15.8. The van der Waals surface area contributed by atoms with E-state index >= 15 is 0 Å². The van der Waals surface area contributed by atoms with Crippen LogP contribution in [0.25, 0.3) is 11.3 Å². The van der Waals surface area contributed by atoms with Crippen LogP contribution in [0.4, 0.5) is 4.39 Å². The minimum Gasteiger partial charge on any atom is -0.328 e. The van der Waals surface area contributed by atoms with Crippen molar-refractivity contribution in [2.24, 2.45) is 11.8 Å². The Balaban J connectivity index is 1.33. The molecule has 0 saturated carbocycles. The Bertz CT molecular complexity index is 901. The molecule has 3 aromatic rings. The van der Waals surface area contributed by atoms with Gasteiger partial charge in [0.1, 0.15) is 11.6 Å². The van der Waals surface area contributed by atoms with Gasteiger partial charge < -0.3 is 4.57 Å². The number of aromatic nitrogens is 2. The molecule has 0 aliphatic carbocycles. The fourth-order valence-corrected chi connectivity index (χ4v) is 4.54. The van der Waals surface area contributed by atoms with Crippen molar-refractivity contribution in [3.8, 4) is 11.3 Å². The van der Waals surface area contributed by atoms with Crippen molar-refractivity contribution in [3.63, 3.8) is 0 Å². The van der Waals surface area contributed by atoms with E-state index in [9.17, 15) is 4.39 Å². The first-order valence-electron chi connectivity index (χ1n) is 9.33. The Labute approximate surface area is 153 Å². The van der Waals surface area contributed by atoms with Crippen LogP contribution >= 0.6 is 0 Å². The van der Waals surface area contributed by atoms with Crippen LogP contribution in [0, 0.1) is 17.7 Å². The number of hydrogen-bond acceptors (Lipinski definition) is 2. The minimum atomic E-state index is -0.164. The number of halogens is 1. The minimum absolute atomic E-state index is 0.164. The quantitative estimate of drug-likeness (QED) is 0.714. The Hall–Kier alpha value is -2.46. The molecule has 132 valence electrons. The van der Waals surface area contributed by atoms with E-state index in [0.717, 1.165) is 32.6 Å². The second kappa shape index (κ2) is 6.36. The van der Waals surface area contributed by atoms with Crippen LogP contribution in [0.1, 0.15) is 11.4 Å². The first-order chi connectivity index (χ1) is 12.8. The molecule has 2 aliphatic rings. The molecule has 0 radical (unpaired) electrons. The van der Waals surface area contributed by atoms with Gasteiger partial charge in [0.2, 0.25) is 0 Å². The number of nitrogens with zero attached hydrogens (tertiary/aromatic N) is 3. The lowest BCUT2D eigenvalue weighted by Crippen LogP contribution is -2.28. The van der Waals surface area contributed by atoms with Crippen LogP contribution in [-0.2, 0) is 19.5 Å². The van der Waals surface area contributed by atoms with Crippen molar-refractivity contribution in [3.05, 3.63) is 78.0 Å². The number of likely N-dealkylation sites (tertiary alicyclic amines) is 1. The lowest BCUT2D eigenvalue weighted by atomic mass is 9.89. The van der Waals surface area contributed by atoms with E-state index in [1.165, 1.54) is 22.6 Å². The van der Waals surface area contributed by atoms with Crippen molar-refractivity contribution < 1.29 is 4.39 Å². The van der Waals surface area contributed by atoms with Gasteiger partial charge in [0.15, 0.2) is 0 Å². The number of rotatable bonds is 3. The lowest BCUT2D eigenvalue weighted by molar-refractivity contribution is 0.307. The molecule has 26 heavy (non-hydrogen) atoms. The summed E-state index contributed by atoms with van der Waals surface area (Å²) in [5.74, 6) is 2.39. The predicted octanol–water partition coefficient (Wildman–Crippen LogP) is 3.99. The third-order valence-corrected chi connectivity index (χ3v) is 5.84. The summed E-state index contributed by atoms with van der Waals surface area (Å²) in [6, 6.07) is 17.4. The molecule has 0 spiro atoms. The molecule has 4 heteroatoms. The fraction of sp³-hybridized carbons (Fsp3) is 0.318. The van der Waals surface area contributed by atoms with Gasteiger partial charge in [-0.2, -0.15) is 0 Å². The van der Waals surface area contributed by atoms with Gasteiger partial charge in [-0.25, -0.2) is 9.37 Å². The fourth-order valence-electron chi connectivity index (χ4n) is 4.54. The van der Waals surface area contributed by atoms with Gasteiger partial charge in [0.05, 0.1) is 11.9 Å². The second-order valence-corrected chi connectivity index (χ2v) is 7.58. The number of imidazole rings is 1. The molecule has 1 aromatic heterocycles. The molecule has 0 bridgehead atoms. The maximum atomic E-state index is 13.1. The third kappa shape index (κ3) is 2.84. The van der Waals surface area contributed by atoms with E-state index in [1.54, 1.807) is 12.1 Å². The Morgan fingerprint density at radius 3 is 2.50 bits per heavy atom. The Morgan fingerprint density at radius 2 is 1.69 bits per heavy atom. The highest BCUT2D eigenvalue weighted by atomic mass is 19.1. The smallest absolute Gasteiger partial charge is 0.123 e. The normalized spacial score (nSPS) is 22.2. The molecular formula is C22H22FN3. The average Bonchev–Trinajstić information content (AvgIpc) is 3.25. The number of hydrogen-bond donors (Lipinski definition) is 0. The molecule has 2 aliphatic heterocycles. The van der Waals surface area contributed by atoms with Crippen molar-refractivity contribution in [1.29, 1.82) is 0 Å². The van der Waals surface area contributed by atoms with Crippen LogP contribution in [0.5, 0.6) is 0 Å². The van der Waals surface area contributed by atoms with Crippen LogP contribution in [0.15, 0.2) is 60.8 Å². The summed E-state index contributed by atoms with van der Waals surface area (Å²) in [5, 5.41) is 0. The van der Waals surface area contributed by atoms with Crippen molar-refractivity contribution in [2.45, 2.75) is 19.5 Å². The molecular weight excluding hydrogens is 325 g/mol. The highest BCUT2D eigenvalue weighted by Crippen LogP contribution is 2.35. The van der Waals surface area contributed by atoms with Gasteiger partial charge in [-0.1, -0.05) is 42.5 Å².